The summed E-state index contributed by atoms with van der Waals surface area (Å²) >= 11 is 0. The lowest BCUT2D eigenvalue weighted by Crippen LogP contribution is -2.66. The number of phosphoric ester groups is 6. The minimum Gasteiger partial charge on any atom is -0.479 e. The largest absolute Gasteiger partial charge is 0.479 e. The van der Waals surface area contributed by atoms with Gasteiger partial charge in [0.1, 0.15) is 36.6 Å². The van der Waals surface area contributed by atoms with Gasteiger partial charge in [0, 0.05) is 0 Å². The van der Waals surface area contributed by atoms with Crippen LogP contribution >= 0.6 is 46.9 Å². The molecule has 1 saturated carbocycles. The Morgan fingerprint density at radius 3 is 0.844 bits per heavy atom. The van der Waals surface area contributed by atoms with E-state index in [1.54, 1.807) is 0 Å². The maximum Gasteiger partial charge on any atom is 0.473 e. The maximum atomic E-state index is 12.7. The van der Waals surface area contributed by atoms with Crippen LogP contribution in [0.2, 0.25) is 0 Å². The van der Waals surface area contributed by atoms with Gasteiger partial charge in [-0.2, -0.15) is 0 Å². The molecule has 0 aliphatic heterocycles. The van der Waals surface area contributed by atoms with Crippen molar-refractivity contribution in [2.45, 2.75) is 48.8 Å². The molecule has 1 rings (SSSR count). The molecule has 0 aromatic rings. The fourth-order valence-electron chi connectivity index (χ4n) is 3.32. The van der Waals surface area contributed by atoms with Crippen molar-refractivity contribution >= 4 is 58.9 Å². The zero-order valence-electron chi connectivity index (χ0n) is 20.7. The number of carbonyl (C=O) groups is 2. The van der Waals surface area contributed by atoms with E-state index >= 15 is 0 Å². The van der Waals surface area contributed by atoms with E-state index in [-0.39, 0.29) is 0 Å². The first-order valence-corrected chi connectivity index (χ1v) is 19.4. The van der Waals surface area contributed by atoms with Crippen LogP contribution in [0.1, 0.15) is 0 Å². The molecule has 0 aromatic heterocycles. The van der Waals surface area contributed by atoms with Crippen molar-refractivity contribution in [3.8, 4) is 0 Å². The van der Waals surface area contributed by atoms with Gasteiger partial charge < -0.3 is 69.1 Å². The Morgan fingerprint density at radius 2 is 0.667 bits per heavy atom. The highest BCUT2D eigenvalue weighted by Gasteiger charge is 2.63. The predicted octanol–water partition coefficient (Wildman–Crippen LogP) is -4.21. The van der Waals surface area contributed by atoms with E-state index in [1.807, 2.05) is 0 Å². The number of phosphoric acid groups is 6. The van der Waals surface area contributed by atoms with E-state index in [1.165, 1.54) is 0 Å². The minimum atomic E-state index is -6.55. The average molecular weight is 792 g/mol. The van der Waals surface area contributed by atoms with Gasteiger partial charge in [0.25, 0.3) is 0 Å². The van der Waals surface area contributed by atoms with Crippen LogP contribution in [0.4, 0.5) is 0 Å². The smallest absolute Gasteiger partial charge is 0.473 e. The summed E-state index contributed by atoms with van der Waals surface area (Å²) in [7, 11) is -37.7. The van der Waals surface area contributed by atoms with Gasteiger partial charge in [-0.3, -0.25) is 31.7 Å². The average Bonchev–Trinajstić information content (AvgIpc) is 2.74. The van der Waals surface area contributed by atoms with Crippen molar-refractivity contribution in [3.63, 3.8) is 0 Å². The highest BCUT2D eigenvalue weighted by Crippen LogP contribution is 2.58. The Hall–Kier alpha value is -0.440. The van der Waals surface area contributed by atoms with E-state index < -0.39 is 108 Å². The highest BCUT2D eigenvalue weighted by atomic mass is 31.2. The van der Waals surface area contributed by atoms with E-state index in [4.69, 9.17) is 10.2 Å². The molecule has 9 atom stereocenters. The molecular formula is C10H22O29P6. The lowest BCUT2D eigenvalue weighted by Gasteiger charge is -2.48. The molecule has 266 valence electrons. The fraction of sp³-hybridized carbons (Fsp3) is 0.800. The van der Waals surface area contributed by atoms with Gasteiger partial charge in [0.15, 0.2) is 6.10 Å². The van der Waals surface area contributed by atoms with Crippen LogP contribution in [0.5, 0.6) is 0 Å². The number of rotatable bonds is 17. The quantitative estimate of drug-likeness (QED) is 0.0621. The van der Waals surface area contributed by atoms with Gasteiger partial charge in [-0.15, -0.1) is 0 Å². The molecule has 14 N–H and O–H groups in total. The van der Waals surface area contributed by atoms with Crippen LogP contribution < -0.4 is 0 Å². The summed E-state index contributed by atoms with van der Waals surface area (Å²) in [5.74, 6) is -4.98. The van der Waals surface area contributed by atoms with Crippen LogP contribution in [0.15, 0.2) is 0 Å². The number of carboxylic acids is 2. The highest BCUT2D eigenvalue weighted by molar-refractivity contribution is 7.48. The van der Waals surface area contributed by atoms with Crippen LogP contribution in [0.25, 0.3) is 0 Å². The van der Waals surface area contributed by atoms with Crippen LogP contribution in [-0.2, 0) is 68.6 Å². The van der Waals surface area contributed by atoms with E-state index in [0.29, 0.717) is 0 Å². The Labute approximate surface area is 246 Å². The lowest BCUT2D eigenvalue weighted by molar-refractivity contribution is -0.203. The number of hydrogen-bond acceptors (Lipinski definition) is 16. The van der Waals surface area contributed by atoms with Crippen molar-refractivity contribution < 1.29 is 138 Å². The molecule has 0 bridgehead atoms. The fourth-order valence-corrected chi connectivity index (χ4v) is 7.20. The van der Waals surface area contributed by atoms with Crippen molar-refractivity contribution in [3.05, 3.63) is 0 Å². The molecule has 1 fully saturated rings. The number of aliphatic carboxylic acids is 2. The third kappa shape index (κ3) is 15.1. The van der Waals surface area contributed by atoms with E-state index in [0.717, 1.165) is 0 Å². The maximum absolute atomic E-state index is 12.7. The van der Waals surface area contributed by atoms with Gasteiger partial charge in [-0.1, -0.05) is 0 Å². The molecule has 0 spiro atoms. The second kappa shape index (κ2) is 15.0. The number of hydrogen-bond donors (Lipinski definition) is 14. The predicted molar refractivity (Wildman–Crippen MR) is 125 cm³/mol. The number of carboxylic acid groups (broad SMARTS) is 2. The molecule has 45 heavy (non-hydrogen) atoms. The molecule has 35 heteroatoms. The standard InChI is InChI=1S/C10H22O29P6/c11-1(9(12)13)2(10(14)15)38-45(31,32)39-8-6(36-43(25,26)27)4(34-41(19,20)21)3(33-40(16,17)18)5(35-42(22,23)24)7(8)37-44(28,29)30/h1-8,11H,(H,12,13)(H,14,15)(H,31,32)(H2,16,17,18)(H2,19,20,21)(H2,22,23,24)(H2,25,26,27)(H2,28,29,30)/t1?,2?,3?,4-,5+,6-,7-,8?/m0/s1. The molecule has 0 aromatic carbocycles. The summed E-state index contributed by atoms with van der Waals surface area (Å²) in [6.45, 7) is 0. The van der Waals surface area contributed by atoms with Gasteiger partial charge in [-0.05, 0) is 0 Å². The summed E-state index contributed by atoms with van der Waals surface area (Å²) in [5, 5.41) is 27.3. The SMILES string of the molecule is O=C(O)C(O)C(OP(=O)(O)OC1[C@@H](OP(=O)(O)O)[C@H](OP(=O)(O)O)C(OP(=O)(O)O)[C@H](OP(=O)(O)O)[C@@H]1OP(=O)(O)O)C(=O)O. The molecule has 1 aliphatic carbocycles. The van der Waals surface area contributed by atoms with Crippen molar-refractivity contribution in [1.29, 1.82) is 0 Å². The van der Waals surface area contributed by atoms with Gasteiger partial charge >= 0.3 is 58.9 Å². The van der Waals surface area contributed by atoms with Gasteiger partial charge in [0.05, 0.1) is 0 Å². The molecule has 0 saturated heterocycles. The topological polar surface area (TPSA) is 484 Å². The zero-order chi connectivity index (χ0) is 35.7. The summed E-state index contributed by atoms with van der Waals surface area (Å²) in [5.41, 5.74) is 0. The normalized spacial score (nSPS) is 28.2. The number of aliphatic hydroxyl groups excluding tert-OH is 1. The van der Waals surface area contributed by atoms with Crippen LogP contribution in [0, 0.1) is 0 Å². The monoisotopic (exact) mass is 792 g/mol. The first kappa shape index (κ1) is 42.6. The van der Waals surface area contributed by atoms with Crippen molar-refractivity contribution in [2.24, 2.45) is 0 Å². The number of aliphatic hydroxyl groups is 1. The summed E-state index contributed by atoms with van der Waals surface area (Å²) in [6, 6.07) is 0. The third-order valence-electron chi connectivity index (χ3n) is 4.52. The molecule has 0 radical (unpaired) electrons. The Bertz CT molecular complexity index is 1300. The van der Waals surface area contributed by atoms with Crippen LogP contribution in [0.3, 0.4) is 0 Å². The zero-order valence-corrected chi connectivity index (χ0v) is 26.1. The van der Waals surface area contributed by atoms with Gasteiger partial charge in [0.2, 0.25) is 6.10 Å². The molecule has 0 heterocycles. The molecule has 1 aliphatic rings. The Morgan fingerprint density at radius 1 is 0.444 bits per heavy atom. The Kier molecular flexibility index (Phi) is 14.2. The minimum absolute atomic E-state index is 2.44. The van der Waals surface area contributed by atoms with Gasteiger partial charge in [-0.25, -0.2) is 37.0 Å². The van der Waals surface area contributed by atoms with E-state index in [9.17, 15) is 95.9 Å². The molecule has 5 unspecified atom stereocenters. The Balaban J connectivity index is 4.14. The summed E-state index contributed by atoms with van der Waals surface area (Å²) < 4.78 is 100. The second-order valence-electron chi connectivity index (χ2n) is 7.99. The van der Waals surface area contributed by atoms with Crippen molar-refractivity contribution in [1.82, 2.24) is 0 Å². The van der Waals surface area contributed by atoms with Crippen LogP contribution in [-0.4, -0.2) is 130 Å². The molecule has 0 amide bonds. The van der Waals surface area contributed by atoms with Crippen molar-refractivity contribution in [2.75, 3.05) is 0 Å². The second-order valence-corrected chi connectivity index (χ2v) is 15.3. The summed E-state index contributed by atoms with van der Waals surface area (Å²) in [4.78, 5) is 126. The first-order chi connectivity index (χ1) is 19.7. The van der Waals surface area contributed by atoms with E-state index in [2.05, 4.69) is 31.7 Å². The molecular weight excluding hydrogens is 770 g/mol. The molecule has 29 nitrogen and oxygen atoms in total. The lowest BCUT2D eigenvalue weighted by atomic mass is 9.85. The third-order valence-corrected chi connectivity index (χ3v) is 8.12. The summed E-state index contributed by atoms with van der Waals surface area (Å²) in [6.07, 6.45) is -26.9. The first-order valence-electron chi connectivity index (χ1n) is 10.2.